The molecule has 0 aromatic heterocycles. The van der Waals surface area contributed by atoms with Crippen LogP contribution in [0.15, 0.2) is 12.7 Å². The molecule has 0 aromatic rings. The fraction of sp³-hybridized carbons (Fsp3) is 0.769. The van der Waals surface area contributed by atoms with E-state index in [0.717, 1.165) is 17.6 Å². The maximum Gasteiger partial charge on any atom is 0.330 e. The molecule has 0 aliphatic heterocycles. The van der Waals surface area contributed by atoms with Crippen molar-refractivity contribution in [2.24, 2.45) is 0 Å². The summed E-state index contributed by atoms with van der Waals surface area (Å²) in [4.78, 5) is 10.8. The van der Waals surface area contributed by atoms with Gasteiger partial charge in [0.25, 0.3) is 0 Å². The molecule has 0 heterocycles. The number of rotatable bonds is 10. The molecule has 0 rings (SSSR count). The van der Waals surface area contributed by atoms with Crippen molar-refractivity contribution in [1.29, 1.82) is 0 Å². The van der Waals surface area contributed by atoms with Crippen LogP contribution in [0.4, 0.5) is 0 Å². The Hall–Kier alpha value is -0.455. The first-order valence-electron chi connectivity index (χ1n) is 6.54. The lowest BCUT2D eigenvalue weighted by molar-refractivity contribution is -0.141. The molecule has 1 N–H and O–H groups in total. The number of hydrogen-bond acceptors (Lipinski definition) is 4. The molecule has 0 fully saturated rings. The summed E-state index contributed by atoms with van der Waals surface area (Å²) in [5.74, 6) is 0.646. The smallest absolute Gasteiger partial charge is 0.330 e. The summed E-state index contributed by atoms with van der Waals surface area (Å²) in [6.07, 6.45) is 5.97. The van der Waals surface area contributed by atoms with Crippen LogP contribution < -0.4 is 0 Å². The van der Waals surface area contributed by atoms with Crippen molar-refractivity contribution >= 4 is 23.8 Å². The van der Waals surface area contributed by atoms with E-state index in [1.54, 1.807) is 0 Å². The topological polar surface area (TPSA) is 55.8 Å². The quantitative estimate of drug-likeness (QED) is 0.276. The lowest BCUT2D eigenvalue weighted by atomic mass is 10.1. The predicted molar refractivity (Wildman–Crippen MR) is 84.9 cm³/mol. The molecule has 19 heavy (non-hydrogen) atoms. The maximum atomic E-state index is 10.8. The number of carbonyl (C=O) groups excluding carboxylic acids is 1. The van der Waals surface area contributed by atoms with Crippen molar-refractivity contribution in [2.75, 3.05) is 38.1 Å². The molecule has 112 valence electrons. The van der Waals surface area contributed by atoms with Crippen LogP contribution in [0.1, 0.15) is 13.3 Å². The highest BCUT2D eigenvalue weighted by molar-refractivity contribution is 8.33. The third-order valence-corrected chi connectivity index (χ3v) is 7.02. The van der Waals surface area contributed by atoms with Crippen molar-refractivity contribution < 1.29 is 19.4 Å². The lowest BCUT2D eigenvalue weighted by Crippen LogP contribution is -2.24. The maximum absolute atomic E-state index is 10.8. The molecule has 0 bridgehead atoms. The molecule has 2 unspecified atom stereocenters. The number of aliphatic hydroxyl groups is 1. The minimum Gasteiger partial charge on any atom is -0.460 e. The highest BCUT2D eigenvalue weighted by Crippen LogP contribution is 2.43. The van der Waals surface area contributed by atoms with Gasteiger partial charge in [0, 0.05) is 12.7 Å². The predicted octanol–water partition coefficient (Wildman–Crippen LogP) is 0.527. The van der Waals surface area contributed by atoms with Gasteiger partial charge in [-0.15, -0.1) is 0 Å². The van der Waals surface area contributed by atoms with Gasteiger partial charge in [-0.05, 0) is 29.8 Å². The Balaban J connectivity index is 3.59. The Labute approximate surface area is 119 Å². The van der Waals surface area contributed by atoms with Gasteiger partial charge < -0.3 is 14.6 Å². The summed E-state index contributed by atoms with van der Waals surface area (Å²) in [6, 6.07) is 0. The van der Waals surface area contributed by atoms with Gasteiger partial charge in [-0.1, -0.05) is 13.5 Å². The van der Waals surface area contributed by atoms with Gasteiger partial charge in [-0.2, -0.15) is 0 Å². The molecule has 4 nitrogen and oxygen atoms in total. The highest BCUT2D eigenvalue weighted by Gasteiger charge is 2.15. The SMILES string of the molecule is BC(C)S(C)(C)CCCOCC(O)COC(=O)C=C. The number of carbonyl (C=O) groups is 1. The molecule has 0 amide bonds. The van der Waals surface area contributed by atoms with E-state index in [0.29, 0.717) is 6.61 Å². The van der Waals surface area contributed by atoms with Crippen LogP contribution in [0.5, 0.6) is 0 Å². The standard InChI is InChI=1S/C13H27BO4S/c1-5-13(16)18-10-12(15)9-17-7-6-8-19(3,4)11(2)14/h5,11-12,15H,1,6-10,14H2,2-4H3. The van der Waals surface area contributed by atoms with Gasteiger partial charge in [0.15, 0.2) is 0 Å². The molecule has 0 saturated carbocycles. The molecule has 2 atom stereocenters. The van der Waals surface area contributed by atoms with Gasteiger partial charge in [0.05, 0.1) is 6.61 Å². The van der Waals surface area contributed by atoms with Crippen LogP contribution in [0.3, 0.4) is 0 Å². The van der Waals surface area contributed by atoms with Crippen LogP contribution in [-0.4, -0.2) is 68.3 Å². The fourth-order valence-electron chi connectivity index (χ4n) is 1.27. The first-order valence-corrected chi connectivity index (χ1v) is 9.22. The van der Waals surface area contributed by atoms with E-state index in [1.165, 1.54) is 5.75 Å². The summed E-state index contributed by atoms with van der Waals surface area (Å²) < 4.78 is 10.1. The van der Waals surface area contributed by atoms with Crippen LogP contribution in [-0.2, 0) is 14.3 Å². The Kier molecular flexibility index (Phi) is 9.22. The van der Waals surface area contributed by atoms with E-state index in [4.69, 9.17) is 9.47 Å². The monoisotopic (exact) mass is 290 g/mol. The van der Waals surface area contributed by atoms with E-state index in [1.807, 2.05) is 0 Å². The zero-order chi connectivity index (χ0) is 14.9. The Morgan fingerprint density at radius 1 is 1.47 bits per heavy atom. The molecule has 0 spiro atoms. The lowest BCUT2D eigenvalue weighted by Gasteiger charge is -2.36. The summed E-state index contributed by atoms with van der Waals surface area (Å²) in [5, 5.41) is 10.2. The number of hydrogen-bond donors (Lipinski definition) is 1. The second kappa shape index (κ2) is 9.45. The minimum atomic E-state index is -0.769. The van der Waals surface area contributed by atoms with Gasteiger partial charge in [0.1, 0.15) is 20.6 Å². The Morgan fingerprint density at radius 2 is 2.11 bits per heavy atom. The van der Waals surface area contributed by atoms with E-state index in [9.17, 15) is 9.90 Å². The Bertz CT molecular complexity index is 282. The summed E-state index contributed by atoms with van der Waals surface area (Å²) in [6.45, 7) is 6.32. The van der Waals surface area contributed by atoms with Crippen LogP contribution in [0, 0.1) is 0 Å². The molecule has 6 heteroatoms. The van der Waals surface area contributed by atoms with Gasteiger partial charge in [-0.25, -0.2) is 4.79 Å². The van der Waals surface area contributed by atoms with Gasteiger partial charge >= 0.3 is 5.97 Å². The van der Waals surface area contributed by atoms with E-state index >= 15 is 0 Å². The van der Waals surface area contributed by atoms with Crippen molar-refractivity contribution in [2.45, 2.75) is 24.6 Å². The third kappa shape index (κ3) is 9.13. The molecule has 0 aromatic carbocycles. The second-order valence-electron chi connectivity index (χ2n) is 5.29. The number of ether oxygens (including phenoxy) is 2. The summed E-state index contributed by atoms with van der Waals surface area (Å²) in [7, 11) is 1.71. The van der Waals surface area contributed by atoms with Gasteiger partial charge in [-0.3, -0.25) is 10.0 Å². The molecular weight excluding hydrogens is 263 g/mol. The van der Waals surface area contributed by atoms with Crippen LogP contribution in [0.2, 0.25) is 0 Å². The minimum absolute atomic E-state index is 0.0480. The molecule has 0 aliphatic rings. The van der Waals surface area contributed by atoms with Crippen molar-refractivity contribution in [3.63, 3.8) is 0 Å². The average Bonchev–Trinajstić information content (AvgIpc) is 2.35. The fourth-order valence-corrected chi connectivity index (χ4v) is 2.61. The molecule has 0 aliphatic carbocycles. The van der Waals surface area contributed by atoms with E-state index in [-0.39, 0.29) is 13.2 Å². The summed E-state index contributed by atoms with van der Waals surface area (Å²) in [5.41, 5.74) is 0. The number of aliphatic hydroxyl groups excluding tert-OH is 1. The molecular formula is C13H27BO4S. The van der Waals surface area contributed by atoms with Crippen LogP contribution in [0.25, 0.3) is 0 Å². The first kappa shape index (κ1) is 18.5. The normalized spacial score (nSPS) is 15.6. The zero-order valence-corrected chi connectivity index (χ0v) is 13.4. The van der Waals surface area contributed by atoms with Crippen molar-refractivity contribution in [3.8, 4) is 0 Å². The first-order chi connectivity index (χ1) is 8.79. The van der Waals surface area contributed by atoms with Crippen molar-refractivity contribution in [3.05, 3.63) is 12.7 Å². The Morgan fingerprint density at radius 3 is 2.63 bits per heavy atom. The van der Waals surface area contributed by atoms with E-state index in [2.05, 4.69) is 33.9 Å². The highest BCUT2D eigenvalue weighted by atomic mass is 32.3. The molecule has 0 saturated heterocycles. The largest absolute Gasteiger partial charge is 0.460 e. The summed E-state index contributed by atoms with van der Waals surface area (Å²) >= 11 is 0. The average molecular weight is 290 g/mol. The number of esters is 1. The van der Waals surface area contributed by atoms with Crippen LogP contribution >= 0.6 is 10.0 Å². The van der Waals surface area contributed by atoms with Crippen molar-refractivity contribution in [1.82, 2.24) is 0 Å². The van der Waals surface area contributed by atoms with E-state index < -0.39 is 22.1 Å². The molecule has 0 radical (unpaired) electrons. The zero-order valence-electron chi connectivity index (χ0n) is 12.6. The third-order valence-electron chi connectivity index (χ3n) is 3.13. The van der Waals surface area contributed by atoms with Gasteiger partial charge in [0.2, 0.25) is 0 Å². The second-order valence-corrected chi connectivity index (χ2v) is 9.89.